The van der Waals surface area contributed by atoms with Crippen LogP contribution in [0.4, 0.5) is 4.39 Å². The minimum atomic E-state index is -0.250. The van der Waals surface area contributed by atoms with Crippen LogP contribution in [0.1, 0.15) is 30.6 Å². The minimum Gasteiger partial charge on any atom is -0.325 e. The molecule has 0 fully saturated rings. The number of benzene rings is 1. The van der Waals surface area contributed by atoms with Gasteiger partial charge < -0.3 is 10.3 Å². The van der Waals surface area contributed by atoms with E-state index in [1.165, 1.54) is 12.1 Å². The van der Waals surface area contributed by atoms with E-state index in [2.05, 4.69) is 28.4 Å². The van der Waals surface area contributed by atoms with Gasteiger partial charge in [-0.25, -0.2) is 14.4 Å². The van der Waals surface area contributed by atoms with Crippen molar-refractivity contribution < 1.29 is 4.39 Å². The summed E-state index contributed by atoms with van der Waals surface area (Å²) in [7, 11) is 0. The molecule has 2 aromatic heterocycles. The quantitative estimate of drug-likeness (QED) is 0.803. The third-order valence-corrected chi connectivity index (χ3v) is 4.56. The Morgan fingerprint density at radius 2 is 2.10 bits per heavy atom. The van der Waals surface area contributed by atoms with E-state index in [4.69, 9.17) is 5.73 Å². The average Bonchev–Trinajstić information content (AvgIpc) is 2.98. The summed E-state index contributed by atoms with van der Waals surface area (Å²) in [6, 6.07) is 4.86. The molecule has 1 aromatic carbocycles. The van der Waals surface area contributed by atoms with Gasteiger partial charge in [0, 0.05) is 12.6 Å². The number of halogens is 1. The summed E-state index contributed by atoms with van der Waals surface area (Å²) in [6.07, 6.45) is 0. The summed E-state index contributed by atoms with van der Waals surface area (Å²) >= 11 is 1.55. The van der Waals surface area contributed by atoms with Crippen molar-refractivity contribution in [1.82, 2.24) is 14.5 Å². The minimum absolute atomic E-state index is 0.176. The molecule has 0 aliphatic carbocycles. The van der Waals surface area contributed by atoms with Gasteiger partial charge in [0.15, 0.2) is 5.82 Å². The molecule has 0 radical (unpaired) electrons. The Kier molecular flexibility index (Phi) is 3.51. The molecule has 0 aliphatic rings. The van der Waals surface area contributed by atoms with Crippen LogP contribution >= 0.6 is 11.3 Å². The third-order valence-electron chi connectivity index (χ3n) is 3.39. The van der Waals surface area contributed by atoms with Gasteiger partial charge in [0.05, 0.1) is 21.6 Å². The number of thiazole rings is 1. The highest BCUT2D eigenvalue weighted by atomic mass is 32.1. The number of nitrogens with two attached hydrogens (primary N) is 1. The van der Waals surface area contributed by atoms with E-state index in [0.717, 1.165) is 32.4 Å². The molecular formula is C15H17FN4S. The molecule has 21 heavy (non-hydrogen) atoms. The number of nitrogens with zero attached hydrogens (tertiary/aromatic N) is 3. The lowest BCUT2D eigenvalue weighted by Crippen LogP contribution is -2.03. The van der Waals surface area contributed by atoms with E-state index >= 15 is 0 Å². The van der Waals surface area contributed by atoms with Gasteiger partial charge in [0.2, 0.25) is 0 Å². The highest BCUT2D eigenvalue weighted by Crippen LogP contribution is 2.34. The predicted octanol–water partition coefficient (Wildman–Crippen LogP) is 3.65. The molecule has 110 valence electrons. The maximum absolute atomic E-state index is 13.6. The van der Waals surface area contributed by atoms with Crippen molar-refractivity contribution in [2.45, 2.75) is 33.4 Å². The Balaban J connectivity index is 2.30. The molecule has 4 nitrogen and oxygen atoms in total. The predicted molar refractivity (Wildman–Crippen MR) is 83.8 cm³/mol. The molecule has 0 bridgehead atoms. The highest BCUT2D eigenvalue weighted by molar-refractivity contribution is 7.15. The van der Waals surface area contributed by atoms with E-state index in [-0.39, 0.29) is 11.9 Å². The molecule has 3 rings (SSSR count). The lowest BCUT2D eigenvalue weighted by atomic mass is 10.2. The highest BCUT2D eigenvalue weighted by Gasteiger charge is 2.19. The Hall–Kier alpha value is -1.79. The van der Waals surface area contributed by atoms with Crippen LogP contribution in [0, 0.1) is 12.7 Å². The van der Waals surface area contributed by atoms with Crippen LogP contribution in [0.3, 0.4) is 0 Å². The van der Waals surface area contributed by atoms with Crippen molar-refractivity contribution in [3.8, 4) is 10.7 Å². The van der Waals surface area contributed by atoms with Crippen molar-refractivity contribution in [1.29, 1.82) is 0 Å². The zero-order chi connectivity index (χ0) is 15.1. The summed E-state index contributed by atoms with van der Waals surface area (Å²) in [5.74, 6) is 0.583. The number of aromatic nitrogens is 3. The molecule has 6 heteroatoms. The smallest absolute Gasteiger partial charge is 0.153 e. The monoisotopic (exact) mass is 304 g/mol. The molecule has 2 N–H and O–H groups in total. The van der Waals surface area contributed by atoms with E-state index in [0.29, 0.717) is 6.54 Å². The van der Waals surface area contributed by atoms with Gasteiger partial charge in [-0.1, -0.05) is 0 Å². The van der Waals surface area contributed by atoms with Gasteiger partial charge >= 0.3 is 0 Å². The van der Waals surface area contributed by atoms with Crippen LogP contribution in [0.5, 0.6) is 0 Å². The molecule has 0 unspecified atom stereocenters. The Labute approximate surface area is 126 Å². The topological polar surface area (TPSA) is 56.7 Å². The van der Waals surface area contributed by atoms with Gasteiger partial charge in [0.1, 0.15) is 10.8 Å². The summed E-state index contributed by atoms with van der Waals surface area (Å²) in [4.78, 5) is 10.1. The SMILES string of the molecule is Cc1nc(CN)sc1-c1nc2ccc(F)cc2n1C(C)C. The fraction of sp³-hybridized carbons (Fsp3) is 0.333. The molecule has 0 atom stereocenters. The number of hydrogen-bond acceptors (Lipinski definition) is 4. The number of aryl methyl sites for hydroxylation is 1. The van der Waals surface area contributed by atoms with Gasteiger partial charge in [-0.2, -0.15) is 0 Å². The molecular weight excluding hydrogens is 287 g/mol. The Morgan fingerprint density at radius 1 is 1.33 bits per heavy atom. The standard InChI is InChI=1S/C15H17FN4S/c1-8(2)20-12-6-10(16)4-5-11(12)19-15(20)14-9(3)18-13(7-17)21-14/h4-6,8H,7,17H2,1-3H3. The molecule has 0 saturated heterocycles. The van der Waals surface area contributed by atoms with E-state index < -0.39 is 0 Å². The molecule has 0 saturated carbocycles. The maximum atomic E-state index is 13.6. The van der Waals surface area contributed by atoms with Gasteiger partial charge in [-0.05, 0) is 39.0 Å². The zero-order valence-corrected chi connectivity index (χ0v) is 13.0. The molecule has 3 aromatic rings. The first-order chi connectivity index (χ1) is 10.0. The number of hydrogen-bond donors (Lipinski definition) is 1. The summed E-state index contributed by atoms with van der Waals surface area (Å²) < 4.78 is 15.6. The van der Waals surface area contributed by atoms with E-state index in [1.54, 1.807) is 17.4 Å². The lowest BCUT2D eigenvalue weighted by Gasteiger charge is -2.12. The number of imidazole rings is 1. The normalized spacial score (nSPS) is 11.7. The van der Waals surface area contributed by atoms with E-state index in [9.17, 15) is 4.39 Å². The molecule has 0 aliphatic heterocycles. The second kappa shape index (κ2) is 5.20. The van der Waals surface area contributed by atoms with Crippen LogP contribution in [0.25, 0.3) is 21.7 Å². The van der Waals surface area contributed by atoms with Gasteiger partial charge in [-0.15, -0.1) is 11.3 Å². The van der Waals surface area contributed by atoms with Crippen molar-refractivity contribution in [2.75, 3.05) is 0 Å². The van der Waals surface area contributed by atoms with Crippen molar-refractivity contribution in [3.05, 3.63) is 34.7 Å². The lowest BCUT2D eigenvalue weighted by molar-refractivity contribution is 0.613. The number of fused-ring (bicyclic) bond motifs is 1. The third kappa shape index (κ3) is 2.34. The van der Waals surface area contributed by atoms with Crippen LogP contribution in [0.2, 0.25) is 0 Å². The van der Waals surface area contributed by atoms with E-state index in [1.807, 2.05) is 6.92 Å². The van der Waals surface area contributed by atoms with Gasteiger partial charge in [-0.3, -0.25) is 0 Å². The van der Waals surface area contributed by atoms with Crippen molar-refractivity contribution in [2.24, 2.45) is 5.73 Å². The van der Waals surface area contributed by atoms with Crippen LogP contribution in [-0.2, 0) is 6.54 Å². The molecule has 2 heterocycles. The second-order valence-corrected chi connectivity index (χ2v) is 6.34. The fourth-order valence-corrected chi connectivity index (χ4v) is 3.43. The number of rotatable bonds is 3. The maximum Gasteiger partial charge on any atom is 0.153 e. The Morgan fingerprint density at radius 3 is 2.71 bits per heavy atom. The van der Waals surface area contributed by atoms with Crippen molar-refractivity contribution in [3.63, 3.8) is 0 Å². The molecule has 0 amide bonds. The van der Waals surface area contributed by atoms with Crippen LogP contribution in [0.15, 0.2) is 18.2 Å². The Bertz CT molecular complexity index is 803. The first-order valence-corrected chi connectivity index (χ1v) is 7.67. The largest absolute Gasteiger partial charge is 0.325 e. The first-order valence-electron chi connectivity index (χ1n) is 6.85. The fourth-order valence-electron chi connectivity index (χ4n) is 2.50. The molecule has 0 spiro atoms. The summed E-state index contributed by atoms with van der Waals surface area (Å²) in [5.41, 5.74) is 8.19. The summed E-state index contributed by atoms with van der Waals surface area (Å²) in [5, 5.41) is 0.885. The second-order valence-electron chi connectivity index (χ2n) is 5.26. The van der Waals surface area contributed by atoms with Crippen molar-refractivity contribution >= 4 is 22.4 Å². The zero-order valence-electron chi connectivity index (χ0n) is 12.2. The first kappa shape index (κ1) is 14.2. The van der Waals surface area contributed by atoms with Crippen LogP contribution in [-0.4, -0.2) is 14.5 Å². The van der Waals surface area contributed by atoms with Crippen LogP contribution < -0.4 is 5.73 Å². The average molecular weight is 304 g/mol. The van der Waals surface area contributed by atoms with Gasteiger partial charge in [0.25, 0.3) is 0 Å². The summed E-state index contributed by atoms with van der Waals surface area (Å²) in [6.45, 7) is 6.50.